The minimum absolute atomic E-state index is 0.485. The van der Waals surface area contributed by atoms with Crippen LogP contribution in [0, 0.1) is 31.1 Å². The Morgan fingerprint density at radius 1 is 1.41 bits per heavy atom. The van der Waals surface area contributed by atoms with Crippen molar-refractivity contribution in [3.8, 4) is 6.07 Å². The Labute approximate surface area is 102 Å². The molecule has 1 aromatic heterocycles. The summed E-state index contributed by atoms with van der Waals surface area (Å²) < 4.78 is 0. The van der Waals surface area contributed by atoms with Gasteiger partial charge >= 0.3 is 0 Å². The van der Waals surface area contributed by atoms with Gasteiger partial charge in [-0.3, -0.25) is 0 Å². The molecule has 1 aliphatic rings. The number of rotatable bonds is 4. The van der Waals surface area contributed by atoms with Crippen molar-refractivity contribution in [3.63, 3.8) is 0 Å². The second-order valence-corrected chi connectivity index (χ2v) is 4.78. The molecule has 0 bridgehead atoms. The Hall–Kier alpha value is -1.63. The van der Waals surface area contributed by atoms with Crippen LogP contribution in [0.4, 0.5) is 5.82 Å². The number of hydrogen-bond acceptors (Lipinski definition) is 4. The van der Waals surface area contributed by atoms with Crippen molar-refractivity contribution >= 4 is 5.82 Å². The van der Waals surface area contributed by atoms with Gasteiger partial charge in [0.1, 0.15) is 11.6 Å². The molecule has 1 aliphatic carbocycles. The van der Waals surface area contributed by atoms with Crippen LogP contribution in [0.1, 0.15) is 43.0 Å². The van der Waals surface area contributed by atoms with E-state index in [4.69, 9.17) is 5.26 Å². The Balaban J connectivity index is 2.13. The van der Waals surface area contributed by atoms with Gasteiger partial charge in [-0.2, -0.15) is 10.4 Å². The molecular weight excluding hydrogens is 212 g/mol. The molecule has 4 heteroatoms. The number of anilines is 1. The van der Waals surface area contributed by atoms with Crippen molar-refractivity contribution in [2.24, 2.45) is 5.92 Å². The lowest BCUT2D eigenvalue weighted by Gasteiger charge is -2.09. The van der Waals surface area contributed by atoms with Gasteiger partial charge in [-0.25, -0.2) is 0 Å². The fraction of sp³-hybridized carbons (Fsp3) is 0.615. The van der Waals surface area contributed by atoms with E-state index in [0.29, 0.717) is 17.4 Å². The highest BCUT2D eigenvalue weighted by atomic mass is 15.2. The topological polar surface area (TPSA) is 61.6 Å². The number of nitrogens with one attached hydrogen (secondary N) is 1. The molecule has 2 atom stereocenters. The van der Waals surface area contributed by atoms with Gasteiger partial charge in [-0.15, -0.1) is 5.10 Å². The molecule has 0 radical (unpaired) electrons. The Morgan fingerprint density at radius 2 is 2.18 bits per heavy atom. The van der Waals surface area contributed by atoms with E-state index in [1.807, 2.05) is 13.8 Å². The van der Waals surface area contributed by atoms with E-state index < -0.39 is 0 Å². The highest BCUT2D eigenvalue weighted by Gasteiger charge is 2.36. The summed E-state index contributed by atoms with van der Waals surface area (Å²) in [4.78, 5) is 0. The first-order valence-electron chi connectivity index (χ1n) is 6.17. The van der Waals surface area contributed by atoms with Gasteiger partial charge in [0.2, 0.25) is 0 Å². The molecule has 1 saturated carbocycles. The molecule has 1 aromatic rings. The molecule has 2 rings (SSSR count). The summed E-state index contributed by atoms with van der Waals surface area (Å²) in [7, 11) is 0. The highest BCUT2D eigenvalue weighted by molar-refractivity contribution is 5.56. The van der Waals surface area contributed by atoms with Crippen LogP contribution >= 0.6 is 0 Å². The third-order valence-corrected chi connectivity index (χ3v) is 3.47. The van der Waals surface area contributed by atoms with Gasteiger partial charge < -0.3 is 5.32 Å². The molecule has 2 unspecified atom stereocenters. The van der Waals surface area contributed by atoms with Gasteiger partial charge in [0, 0.05) is 6.04 Å². The maximum atomic E-state index is 9.17. The molecule has 90 valence electrons. The summed E-state index contributed by atoms with van der Waals surface area (Å²) in [5, 5.41) is 20.7. The quantitative estimate of drug-likeness (QED) is 0.863. The van der Waals surface area contributed by atoms with E-state index in [9.17, 15) is 0 Å². The molecule has 4 nitrogen and oxygen atoms in total. The molecule has 0 aliphatic heterocycles. The van der Waals surface area contributed by atoms with E-state index in [0.717, 1.165) is 17.2 Å². The lowest BCUT2D eigenvalue weighted by molar-refractivity contribution is 0.691. The molecule has 0 amide bonds. The van der Waals surface area contributed by atoms with Crippen molar-refractivity contribution in [3.05, 3.63) is 16.8 Å². The largest absolute Gasteiger partial charge is 0.364 e. The summed E-state index contributed by atoms with van der Waals surface area (Å²) in [5.74, 6) is 1.40. The molecule has 1 fully saturated rings. The van der Waals surface area contributed by atoms with Gasteiger partial charge in [-0.1, -0.05) is 13.3 Å². The second-order valence-electron chi connectivity index (χ2n) is 4.78. The average molecular weight is 230 g/mol. The first-order chi connectivity index (χ1) is 8.17. The minimum atomic E-state index is 0.485. The number of nitrogens with zero attached hydrogens (tertiary/aromatic N) is 3. The highest BCUT2D eigenvalue weighted by Crippen LogP contribution is 2.37. The fourth-order valence-electron chi connectivity index (χ4n) is 2.14. The number of aryl methyl sites for hydroxylation is 1. The Morgan fingerprint density at radius 3 is 2.82 bits per heavy atom. The van der Waals surface area contributed by atoms with Gasteiger partial charge in [0.05, 0.1) is 5.69 Å². The first-order valence-corrected chi connectivity index (χ1v) is 6.17. The van der Waals surface area contributed by atoms with Crippen LogP contribution in [-0.2, 0) is 0 Å². The van der Waals surface area contributed by atoms with Crippen LogP contribution in [0.15, 0.2) is 0 Å². The van der Waals surface area contributed by atoms with Crippen LogP contribution < -0.4 is 5.32 Å². The van der Waals surface area contributed by atoms with Crippen LogP contribution in [-0.4, -0.2) is 16.2 Å². The van der Waals surface area contributed by atoms with Crippen LogP contribution in [0.3, 0.4) is 0 Å². The zero-order valence-electron chi connectivity index (χ0n) is 10.6. The molecule has 17 heavy (non-hydrogen) atoms. The number of aromatic nitrogens is 2. The van der Waals surface area contributed by atoms with Gasteiger partial charge in [0.25, 0.3) is 0 Å². The molecular formula is C13H18N4. The monoisotopic (exact) mass is 230 g/mol. The lowest BCUT2D eigenvalue weighted by Crippen LogP contribution is -2.10. The van der Waals surface area contributed by atoms with Crippen molar-refractivity contribution in [1.82, 2.24) is 10.2 Å². The molecule has 0 aromatic carbocycles. The Bertz CT molecular complexity index is 461. The minimum Gasteiger partial charge on any atom is -0.364 e. The average Bonchev–Trinajstić information content (AvgIpc) is 3.03. The predicted octanol–water partition coefficient (Wildman–Crippen LogP) is 2.57. The van der Waals surface area contributed by atoms with Crippen LogP contribution in [0.5, 0.6) is 0 Å². The third-order valence-electron chi connectivity index (χ3n) is 3.47. The van der Waals surface area contributed by atoms with E-state index in [-0.39, 0.29) is 0 Å². The molecule has 0 saturated heterocycles. The predicted molar refractivity (Wildman–Crippen MR) is 66.6 cm³/mol. The SMILES string of the molecule is CCCC1CC1Nc1nnc(C)c(C)c1C#N. The third kappa shape index (κ3) is 2.38. The summed E-state index contributed by atoms with van der Waals surface area (Å²) >= 11 is 0. The maximum Gasteiger partial charge on any atom is 0.167 e. The van der Waals surface area contributed by atoms with Gasteiger partial charge in [0.15, 0.2) is 5.82 Å². The van der Waals surface area contributed by atoms with Gasteiger partial charge in [-0.05, 0) is 38.2 Å². The molecule has 1 heterocycles. The smallest absolute Gasteiger partial charge is 0.167 e. The van der Waals surface area contributed by atoms with E-state index in [1.165, 1.54) is 19.3 Å². The van der Waals surface area contributed by atoms with Crippen LogP contribution in [0.2, 0.25) is 0 Å². The first kappa shape index (κ1) is 11.8. The molecule has 0 spiro atoms. The number of nitriles is 1. The summed E-state index contributed by atoms with van der Waals surface area (Å²) in [6, 6.07) is 2.70. The standard InChI is InChI=1S/C13H18N4/c1-4-5-10-6-12(10)15-13-11(7-14)8(2)9(3)16-17-13/h10,12H,4-6H2,1-3H3,(H,15,17). The zero-order valence-corrected chi connectivity index (χ0v) is 10.6. The maximum absolute atomic E-state index is 9.17. The van der Waals surface area contributed by atoms with E-state index in [2.05, 4.69) is 28.5 Å². The number of hydrogen-bond donors (Lipinski definition) is 1. The zero-order chi connectivity index (χ0) is 12.4. The Kier molecular flexibility index (Phi) is 3.28. The lowest BCUT2D eigenvalue weighted by atomic mass is 10.1. The second kappa shape index (κ2) is 4.70. The van der Waals surface area contributed by atoms with E-state index in [1.54, 1.807) is 0 Å². The van der Waals surface area contributed by atoms with Crippen molar-refractivity contribution < 1.29 is 0 Å². The van der Waals surface area contributed by atoms with Crippen LogP contribution in [0.25, 0.3) is 0 Å². The normalized spacial score (nSPS) is 22.0. The summed E-state index contributed by atoms with van der Waals surface area (Å²) in [5.41, 5.74) is 2.39. The van der Waals surface area contributed by atoms with E-state index >= 15 is 0 Å². The summed E-state index contributed by atoms with van der Waals surface area (Å²) in [6.45, 7) is 6.00. The molecule has 1 N–H and O–H groups in total. The van der Waals surface area contributed by atoms with Crippen molar-refractivity contribution in [2.45, 2.75) is 46.1 Å². The fourth-order valence-corrected chi connectivity index (χ4v) is 2.14. The van der Waals surface area contributed by atoms with Crippen molar-refractivity contribution in [2.75, 3.05) is 5.32 Å². The summed E-state index contributed by atoms with van der Waals surface area (Å²) in [6.07, 6.45) is 3.65. The van der Waals surface area contributed by atoms with Crippen molar-refractivity contribution in [1.29, 1.82) is 5.26 Å².